The molecule has 0 saturated heterocycles. The quantitative estimate of drug-likeness (QED) is 0.422. The van der Waals surface area contributed by atoms with Gasteiger partial charge in [-0.2, -0.15) is 13.2 Å². The lowest BCUT2D eigenvalue weighted by Gasteiger charge is -2.10. The Morgan fingerprint density at radius 3 is 2.10 bits per heavy atom. The first-order chi connectivity index (χ1) is 14.3. The first-order valence-electron chi connectivity index (χ1n) is 8.89. The number of halogens is 4. The number of hydrogen-bond donors (Lipinski definition) is 0. The maximum atomic E-state index is 13.3. The second kappa shape index (κ2) is 7.62. The maximum Gasteiger partial charge on any atom is 0.416 e. The van der Waals surface area contributed by atoms with E-state index >= 15 is 0 Å². The van der Waals surface area contributed by atoms with Crippen LogP contribution >= 0.6 is 0 Å². The van der Waals surface area contributed by atoms with E-state index in [1.165, 1.54) is 41.1 Å². The topological polar surface area (TPSA) is 48.0 Å². The van der Waals surface area contributed by atoms with Crippen LogP contribution in [-0.2, 0) is 12.7 Å². The van der Waals surface area contributed by atoms with Crippen molar-refractivity contribution in [1.82, 2.24) is 9.72 Å². The minimum atomic E-state index is -4.43. The largest absolute Gasteiger partial charge is 0.416 e. The Hall–Kier alpha value is -3.68. The van der Waals surface area contributed by atoms with Crippen molar-refractivity contribution < 1.29 is 22.1 Å². The van der Waals surface area contributed by atoms with Crippen LogP contribution in [0.1, 0.15) is 11.1 Å². The van der Waals surface area contributed by atoms with Gasteiger partial charge in [-0.1, -0.05) is 24.3 Å². The molecular weight excluding hydrogens is 400 g/mol. The Labute approximate surface area is 168 Å². The number of pyridine rings is 1. The van der Waals surface area contributed by atoms with E-state index in [-0.39, 0.29) is 12.1 Å². The lowest BCUT2D eigenvalue weighted by atomic mass is 10.0. The highest BCUT2D eigenvalue weighted by molar-refractivity contribution is 5.80. The van der Waals surface area contributed by atoms with E-state index in [0.717, 1.165) is 12.1 Å². The Morgan fingerprint density at radius 2 is 1.50 bits per heavy atom. The first-order valence-corrected chi connectivity index (χ1v) is 8.89. The standard InChI is InChI=1S/C22H14F4N2O2/c23-18-7-3-15(4-8-18)19-20(16-9-11-27-12-10-16)28(30-21(19)29)13-14-1-5-17(6-2-14)22(24,25)26/h1-12H,13H2. The van der Waals surface area contributed by atoms with Gasteiger partial charge in [0.15, 0.2) is 0 Å². The van der Waals surface area contributed by atoms with Crippen molar-refractivity contribution in [2.24, 2.45) is 0 Å². The fourth-order valence-corrected chi connectivity index (χ4v) is 3.16. The number of benzene rings is 2. The van der Waals surface area contributed by atoms with E-state index in [1.54, 1.807) is 24.5 Å². The van der Waals surface area contributed by atoms with Crippen LogP contribution in [0.3, 0.4) is 0 Å². The van der Waals surface area contributed by atoms with Gasteiger partial charge in [-0.25, -0.2) is 13.9 Å². The summed E-state index contributed by atoms with van der Waals surface area (Å²) in [6, 6.07) is 13.4. The van der Waals surface area contributed by atoms with Gasteiger partial charge >= 0.3 is 11.8 Å². The molecule has 4 rings (SSSR count). The summed E-state index contributed by atoms with van der Waals surface area (Å²) in [5.41, 5.74) is 0.858. The van der Waals surface area contributed by atoms with E-state index in [9.17, 15) is 22.4 Å². The van der Waals surface area contributed by atoms with Crippen molar-refractivity contribution in [3.05, 3.63) is 100 Å². The Balaban J connectivity index is 1.81. The van der Waals surface area contributed by atoms with Crippen LogP contribution in [0, 0.1) is 5.82 Å². The van der Waals surface area contributed by atoms with Gasteiger partial charge in [0.05, 0.1) is 23.4 Å². The molecule has 2 heterocycles. The fraction of sp³-hybridized carbons (Fsp3) is 0.0909. The Kier molecular flexibility index (Phi) is 4.99. The molecule has 4 aromatic rings. The minimum Gasteiger partial charge on any atom is -0.335 e. The molecule has 0 unspecified atom stereocenters. The third-order valence-electron chi connectivity index (χ3n) is 4.58. The Bertz CT molecular complexity index is 1210. The second-order valence-corrected chi connectivity index (χ2v) is 6.58. The summed E-state index contributed by atoms with van der Waals surface area (Å²) in [6.07, 6.45) is -1.34. The average Bonchev–Trinajstić information content (AvgIpc) is 3.04. The zero-order chi connectivity index (χ0) is 21.3. The number of rotatable bonds is 4. The monoisotopic (exact) mass is 414 g/mol. The third-order valence-corrected chi connectivity index (χ3v) is 4.58. The smallest absolute Gasteiger partial charge is 0.335 e. The first kappa shape index (κ1) is 19.6. The molecule has 2 aromatic heterocycles. The highest BCUT2D eigenvalue weighted by atomic mass is 19.4. The zero-order valence-electron chi connectivity index (χ0n) is 15.4. The van der Waals surface area contributed by atoms with Crippen molar-refractivity contribution in [3.63, 3.8) is 0 Å². The van der Waals surface area contributed by atoms with Crippen LogP contribution in [0.25, 0.3) is 22.4 Å². The minimum absolute atomic E-state index is 0.0340. The predicted molar refractivity (Wildman–Crippen MR) is 102 cm³/mol. The molecular formula is C22H14F4N2O2. The van der Waals surface area contributed by atoms with Gasteiger partial charge in [0.1, 0.15) is 5.82 Å². The van der Waals surface area contributed by atoms with Crippen LogP contribution < -0.4 is 5.63 Å². The lowest BCUT2D eigenvalue weighted by molar-refractivity contribution is -0.137. The summed E-state index contributed by atoms with van der Waals surface area (Å²) in [7, 11) is 0. The molecule has 0 bridgehead atoms. The fourth-order valence-electron chi connectivity index (χ4n) is 3.16. The number of aromatic nitrogens is 2. The summed E-state index contributed by atoms with van der Waals surface area (Å²) in [6.45, 7) is 0.0340. The maximum absolute atomic E-state index is 13.3. The molecule has 4 nitrogen and oxygen atoms in total. The van der Waals surface area contributed by atoms with Crippen molar-refractivity contribution in [3.8, 4) is 22.4 Å². The van der Waals surface area contributed by atoms with E-state index in [1.807, 2.05) is 0 Å². The molecule has 0 aliphatic heterocycles. The molecule has 0 fully saturated rings. The van der Waals surface area contributed by atoms with Gasteiger partial charge in [-0.05, 0) is 47.5 Å². The van der Waals surface area contributed by atoms with Crippen LogP contribution in [0.15, 0.2) is 82.4 Å². The van der Waals surface area contributed by atoms with Crippen LogP contribution in [-0.4, -0.2) is 9.72 Å². The zero-order valence-corrected chi connectivity index (χ0v) is 15.4. The molecule has 0 N–H and O–H groups in total. The van der Waals surface area contributed by atoms with Crippen molar-refractivity contribution in [2.75, 3.05) is 0 Å². The van der Waals surface area contributed by atoms with E-state index in [4.69, 9.17) is 4.52 Å². The normalized spacial score (nSPS) is 11.6. The summed E-state index contributed by atoms with van der Waals surface area (Å²) in [5.74, 6) is -0.446. The van der Waals surface area contributed by atoms with Crippen LogP contribution in [0.5, 0.6) is 0 Å². The molecule has 0 atom stereocenters. The highest BCUT2D eigenvalue weighted by Gasteiger charge is 2.30. The molecule has 30 heavy (non-hydrogen) atoms. The summed E-state index contributed by atoms with van der Waals surface area (Å²) >= 11 is 0. The van der Waals surface area contributed by atoms with Crippen LogP contribution in [0.4, 0.5) is 17.6 Å². The molecule has 0 spiro atoms. The van der Waals surface area contributed by atoms with Gasteiger partial charge in [-0.15, -0.1) is 0 Å². The number of alkyl halides is 3. The molecule has 2 aromatic carbocycles. The summed E-state index contributed by atoms with van der Waals surface area (Å²) in [4.78, 5) is 16.6. The van der Waals surface area contributed by atoms with Crippen LogP contribution in [0.2, 0.25) is 0 Å². The number of hydrogen-bond acceptors (Lipinski definition) is 3. The van der Waals surface area contributed by atoms with Gasteiger partial charge in [-0.3, -0.25) is 4.98 Å². The number of nitrogens with zero attached hydrogens (tertiary/aromatic N) is 2. The second-order valence-electron chi connectivity index (χ2n) is 6.58. The molecule has 0 aliphatic rings. The molecule has 0 aliphatic carbocycles. The Morgan fingerprint density at radius 1 is 0.867 bits per heavy atom. The summed E-state index contributed by atoms with van der Waals surface area (Å²) in [5, 5.41) is 0. The van der Waals surface area contributed by atoms with Gasteiger partial charge < -0.3 is 4.52 Å². The average molecular weight is 414 g/mol. The van der Waals surface area contributed by atoms with E-state index < -0.39 is 23.2 Å². The van der Waals surface area contributed by atoms with Gasteiger partial charge in [0, 0.05) is 18.0 Å². The van der Waals surface area contributed by atoms with E-state index in [0.29, 0.717) is 22.4 Å². The molecule has 8 heteroatoms. The third kappa shape index (κ3) is 3.89. The van der Waals surface area contributed by atoms with Gasteiger partial charge in [0.2, 0.25) is 0 Å². The highest BCUT2D eigenvalue weighted by Crippen LogP contribution is 2.32. The van der Waals surface area contributed by atoms with Crippen molar-refractivity contribution >= 4 is 0 Å². The SMILES string of the molecule is O=c1on(Cc2ccc(C(F)(F)F)cc2)c(-c2ccncc2)c1-c1ccc(F)cc1. The predicted octanol–water partition coefficient (Wildman–Crippen LogP) is 5.38. The van der Waals surface area contributed by atoms with E-state index in [2.05, 4.69) is 4.98 Å². The molecule has 0 saturated carbocycles. The lowest BCUT2D eigenvalue weighted by Crippen LogP contribution is -2.06. The van der Waals surface area contributed by atoms with Crippen molar-refractivity contribution in [2.45, 2.75) is 12.7 Å². The molecule has 0 radical (unpaired) electrons. The van der Waals surface area contributed by atoms with Gasteiger partial charge in [0.25, 0.3) is 0 Å². The molecule has 0 amide bonds. The molecule has 152 valence electrons. The van der Waals surface area contributed by atoms with Crippen molar-refractivity contribution in [1.29, 1.82) is 0 Å². The summed E-state index contributed by atoms with van der Waals surface area (Å²) < 4.78 is 58.5.